The zero-order valence-electron chi connectivity index (χ0n) is 8.98. The lowest BCUT2D eigenvalue weighted by molar-refractivity contribution is -0.385. The van der Waals surface area contributed by atoms with Gasteiger partial charge in [-0.2, -0.15) is 0 Å². The van der Waals surface area contributed by atoms with Gasteiger partial charge in [0.25, 0.3) is 5.69 Å². The fourth-order valence-corrected chi connectivity index (χ4v) is 1.44. The molecule has 4 heteroatoms. The summed E-state index contributed by atoms with van der Waals surface area (Å²) in [5.41, 5.74) is 1.55. The van der Waals surface area contributed by atoms with E-state index in [1.165, 1.54) is 18.5 Å². The van der Waals surface area contributed by atoms with Crippen LogP contribution in [-0.4, -0.2) is 9.91 Å². The van der Waals surface area contributed by atoms with Crippen LogP contribution < -0.4 is 0 Å². The van der Waals surface area contributed by atoms with Gasteiger partial charge in [0.2, 0.25) is 0 Å². The van der Waals surface area contributed by atoms with E-state index in [2.05, 4.69) is 4.98 Å². The molecular formula is C13H10N2O2. The van der Waals surface area contributed by atoms with Crippen molar-refractivity contribution in [3.63, 3.8) is 0 Å². The molecule has 0 unspecified atom stereocenters. The predicted molar refractivity (Wildman–Crippen MR) is 66.3 cm³/mol. The molecule has 2 aromatic rings. The molecule has 0 aliphatic rings. The Labute approximate surface area is 98.4 Å². The Morgan fingerprint density at radius 1 is 1.12 bits per heavy atom. The van der Waals surface area contributed by atoms with Crippen molar-refractivity contribution >= 4 is 17.8 Å². The van der Waals surface area contributed by atoms with Crippen LogP contribution in [-0.2, 0) is 0 Å². The van der Waals surface area contributed by atoms with E-state index in [1.807, 2.05) is 36.4 Å². The maximum Gasteiger partial charge on any atom is 0.279 e. The Hall–Kier alpha value is -2.49. The van der Waals surface area contributed by atoms with Crippen LogP contribution in [0.2, 0.25) is 0 Å². The van der Waals surface area contributed by atoms with Gasteiger partial charge >= 0.3 is 0 Å². The number of rotatable bonds is 3. The molecule has 0 aliphatic carbocycles. The molecule has 2 rings (SSSR count). The molecule has 1 aromatic heterocycles. The second-order valence-electron chi connectivity index (χ2n) is 3.44. The Morgan fingerprint density at radius 3 is 2.59 bits per heavy atom. The summed E-state index contributed by atoms with van der Waals surface area (Å²) in [5, 5.41) is 10.8. The fraction of sp³-hybridized carbons (Fsp3) is 0. The zero-order valence-corrected chi connectivity index (χ0v) is 8.98. The molecule has 1 heterocycles. The fourth-order valence-electron chi connectivity index (χ4n) is 1.44. The lowest BCUT2D eigenvalue weighted by Crippen LogP contribution is -1.91. The van der Waals surface area contributed by atoms with Gasteiger partial charge in [0.05, 0.1) is 10.5 Å². The first kappa shape index (κ1) is 11.0. The minimum Gasteiger partial charge on any atom is -0.264 e. The van der Waals surface area contributed by atoms with Crippen LogP contribution in [0.25, 0.3) is 12.2 Å². The number of aromatic nitrogens is 1. The van der Waals surface area contributed by atoms with Crippen LogP contribution in [0.3, 0.4) is 0 Å². The molecule has 84 valence electrons. The summed E-state index contributed by atoms with van der Waals surface area (Å²) >= 11 is 0. The number of pyridine rings is 1. The average molecular weight is 226 g/mol. The van der Waals surface area contributed by atoms with Crippen LogP contribution in [0.15, 0.2) is 48.8 Å². The molecular weight excluding hydrogens is 216 g/mol. The highest BCUT2D eigenvalue weighted by molar-refractivity contribution is 5.73. The van der Waals surface area contributed by atoms with E-state index in [9.17, 15) is 10.1 Å². The average Bonchev–Trinajstić information content (AvgIpc) is 2.38. The quantitative estimate of drug-likeness (QED) is 0.596. The van der Waals surface area contributed by atoms with Crippen LogP contribution in [0.5, 0.6) is 0 Å². The van der Waals surface area contributed by atoms with Crippen molar-refractivity contribution in [3.8, 4) is 0 Å². The van der Waals surface area contributed by atoms with Crippen molar-refractivity contribution in [1.29, 1.82) is 0 Å². The van der Waals surface area contributed by atoms with Gasteiger partial charge in [-0.15, -0.1) is 0 Å². The van der Waals surface area contributed by atoms with Gasteiger partial charge in [-0.3, -0.25) is 15.1 Å². The van der Waals surface area contributed by atoms with E-state index in [0.717, 1.165) is 5.56 Å². The van der Waals surface area contributed by atoms with Crippen molar-refractivity contribution in [2.45, 2.75) is 0 Å². The lowest BCUT2D eigenvalue weighted by atomic mass is 10.1. The molecule has 0 bridgehead atoms. The van der Waals surface area contributed by atoms with Crippen LogP contribution in [0.4, 0.5) is 5.69 Å². The smallest absolute Gasteiger partial charge is 0.264 e. The van der Waals surface area contributed by atoms with Crippen molar-refractivity contribution in [1.82, 2.24) is 4.98 Å². The number of nitro groups is 1. The molecule has 0 N–H and O–H groups in total. The van der Waals surface area contributed by atoms with Gasteiger partial charge in [-0.1, -0.05) is 36.4 Å². The number of benzene rings is 1. The summed E-state index contributed by atoms with van der Waals surface area (Å²) in [6, 6.07) is 11.0. The summed E-state index contributed by atoms with van der Waals surface area (Å²) in [6.07, 6.45) is 6.42. The third-order valence-electron chi connectivity index (χ3n) is 2.28. The van der Waals surface area contributed by atoms with Crippen molar-refractivity contribution < 1.29 is 4.92 Å². The second kappa shape index (κ2) is 5.03. The van der Waals surface area contributed by atoms with E-state index in [0.29, 0.717) is 5.56 Å². The first-order chi connectivity index (χ1) is 8.27. The highest BCUT2D eigenvalue weighted by Crippen LogP contribution is 2.18. The van der Waals surface area contributed by atoms with E-state index in [-0.39, 0.29) is 5.69 Å². The third-order valence-corrected chi connectivity index (χ3v) is 2.28. The van der Waals surface area contributed by atoms with E-state index in [1.54, 1.807) is 6.08 Å². The first-order valence-corrected chi connectivity index (χ1v) is 5.09. The van der Waals surface area contributed by atoms with Crippen LogP contribution in [0, 0.1) is 10.1 Å². The van der Waals surface area contributed by atoms with Gasteiger partial charge in [0.1, 0.15) is 0 Å². The van der Waals surface area contributed by atoms with Gasteiger partial charge < -0.3 is 0 Å². The lowest BCUT2D eigenvalue weighted by Gasteiger charge is -1.96. The SMILES string of the molecule is O=[N+]([O-])c1ccncc1/C=C/c1ccccc1. The summed E-state index contributed by atoms with van der Waals surface area (Å²) in [5.74, 6) is 0. The minimum atomic E-state index is -0.410. The molecule has 0 spiro atoms. The highest BCUT2D eigenvalue weighted by atomic mass is 16.6. The summed E-state index contributed by atoms with van der Waals surface area (Å²) in [7, 11) is 0. The molecule has 0 fully saturated rings. The molecule has 0 radical (unpaired) electrons. The van der Waals surface area contributed by atoms with Crippen LogP contribution >= 0.6 is 0 Å². The molecule has 0 aliphatic heterocycles. The molecule has 1 aromatic carbocycles. The van der Waals surface area contributed by atoms with Gasteiger partial charge in [0.15, 0.2) is 0 Å². The van der Waals surface area contributed by atoms with E-state index >= 15 is 0 Å². The maximum atomic E-state index is 10.8. The highest BCUT2D eigenvalue weighted by Gasteiger charge is 2.09. The molecule has 0 amide bonds. The predicted octanol–water partition coefficient (Wildman–Crippen LogP) is 3.16. The van der Waals surface area contributed by atoms with Gasteiger partial charge in [-0.25, -0.2) is 0 Å². The van der Waals surface area contributed by atoms with Crippen molar-refractivity contribution in [2.75, 3.05) is 0 Å². The molecule has 4 nitrogen and oxygen atoms in total. The molecule has 17 heavy (non-hydrogen) atoms. The standard InChI is InChI=1S/C13H10N2O2/c16-15(17)13-8-9-14-10-12(13)7-6-11-4-2-1-3-5-11/h1-10H/b7-6+. The number of hydrogen-bond acceptors (Lipinski definition) is 3. The summed E-state index contributed by atoms with van der Waals surface area (Å²) in [6.45, 7) is 0. The number of nitrogens with zero attached hydrogens (tertiary/aromatic N) is 2. The topological polar surface area (TPSA) is 56.0 Å². The van der Waals surface area contributed by atoms with E-state index < -0.39 is 4.92 Å². The minimum absolute atomic E-state index is 0.0622. The molecule has 0 saturated carbocycles. The second-order valence-corrected chi connectivity index (χ2v) is 3.44. The largest absolute Gasteiger partial charge is 0.279 e. The molecule has 0 atom stereocenters. The van der Waals surface area contributed by atoms with Crippen molar-refractivity contribution in [3.05, 3.63) is 70.0 Å². The van der Waals surface area contributed by atoms with Crippen LogP contribution in [0.1, 0.15) is 11.1 Å². The Morgan fingerprint density at radius 2 is 1.88 bits per heavy atom. The first-order valence-electron chi connectivity index (χ1n) is 5.09. The van der Waals surface area contributed by atoms with Crippen molar-refractivity contribution in [2.24, 2.45) is 0 Å². The Bertz CT molecular complexity index is 550. The monoisotopic (exact) mass is 226 g/mol. The Kier molecular flexibility index (Phi) is 3.25. The maximum absolute atomic E-state index is 10.8. The van der Waals surface area contributed by atoms with E-state index in [4.69, 9.17) is 0 Å². The Balaban J connectivity index is 2.30. The third kappa shape index (κ3) is 2.75. The number of hydrogen-bond donors (Lipinski definition) is 0. The van der Waals surface area contributed by atoms with Gasteiger partial charge in [0, 0.05) is 18.5 Å². The zero-order chi connectivity index (χ0) is 12.1. The summed E-state index contributed by atoms with van der Waals surface area (Å²) in [4.78, 5) is 14.3. The molecule has 0 saturated heterocycles. The summed E-state index contributed by atoms with van der Waals surface area (Å²) < 4.78 is 0. The normalized spacial score (nSPS) is 10.6. The van der Waals surface area contributed by atoms with Gasteiger partial charge in [-0.05, 0) is 11.6 Å².